The lowest BCUT2D eigenvalue weighted by molar-refractivity contribution is -0.00000857. The Hall–Kier alpha value is -3.33. The van der Waals surface area contributed by atoms with E-state index in [4.69, 9.17) is 4.74 Å². The van der Waals surface area contributed by atoms with Gasteiger partial charge in [0.25, 0.3) is 0 Å². The molecular formula is C32H26BrF2OP. The summed E-state index contributed by atoms with van der Waals surface area (Å²) in [6.07, 6.45) is 0.565. The van der Waals surface area contributed by atoms with Crippen molar-refractivity contribution in [1.82, 2.24) is 0 Å². The maximum absolute atomic E-state index is 14.7. The zero-order valence-electron chi connectivity index (χ0n) is 20.1. The van der Waals surface area contributed by atoms with Gasteiger partial charge in [0.05, 0.1) is 0 Å². The van der Waals surface area contributed by atoms with Gasteiger partial charge in [-0.2, -0.15) is 0 Å². The minimum atomic E-state index is -2.25. The van der Waals surface area contributed by atoms with Crippen LogP contribution < -0.4 is 37.6 Å². The van der Waals surface area contributed by atoms with E-state index in [0.717, 1.165) is 5.56 Å². The largest absolute Gasteiger partial charge is 1.00 e. The van der Waals surface area contributed by atoms with Crippen molar-refractivity contribution in [2.45, 2.75) is 12.8 Å². The second kappa shape index (κ2) is 12.3. The molecule has 5 heteroatoms. The van der Waals surface area contributed by atoms with Gasteiger partial charge in [-0.15, -0.1) is 0 Å². The highest BCUT2D eigenvalue weighted by Crippen LogP contribution is 2.59. The molecule has 0 saturated carbocycles. The second-order valence-corrected chi connectivity index (χ2v) is 12.1. The molecule has 0 amide bonds. The van der Waals surface area contributed by atoms with Gasteiger partial charge in [0.1, 0.15) is 53.3 Å². The molecule has 5 rings (SSSR count). The van der Waals surface area contributed by atoms with Crippen molar-refractivity contribution in [1.29, 1.82) is 0 Å². The summed E-state index contributed by atoms with van der Waals surface area (Å²) < 4.78 is 35.0. The Morgan fingerprint density at radius 3 is 1.54 bits per heavy atom. The summed E-state index contributed by atoms with van der Waals surface area (Å²) in [4.78, 5) is 0. The van der Waals surface area contributed by atoms with Crippen LogP contribution in [0.2, 0.25) is 0 Å². The number of benzene rings is 5. The monoisotopic (exact) mass is 574 g/mol. The maximum atomic E-state index is 14.7. The summed E-state index contributed by atoms with van der Waals surface area (Å²) in [6, 6.07) is 42.5. The van der Waals surface area contributed by atoms with E-state index in [1.165, 1.54) is 28.0 Å². The minimum absolute atomic E-state index is 0. The molecule has 0 fully saturated rings. The van der Waals surface area contributed by atoms with E-state index in [1.54, 1.807) is 30.3 Å². The molecule has 1 nitrogen and oxygen atoms in total. The number of halogens is 3. The zero-order valence-corrected chi connectivity index (χ0v) is 22.6. The highest BCUT2D eigenvalue weighted by atomic mass is 79.9. The summed E-state index contributed by atoms with van der Waals surface area (Å²) in [5.74, 6) is -0.0804. The Labute approximate surface area is 227 Å². The van der Waals surface area contributed by atoms with E-state index in [-0.39, 0.29) is 35.2 Å². The first kappa shape index (κ1) is 26.7. The maximum Gasteiger partial charge on any atom is 0.129 e. The van der Waals surface area contributed by atoms with E-state index < -0.39 is 7.26 Å². The molecule has 0 N–H and O–H groups in total. The Morgan fingerprint density at radius 2 is 1.03 bits per heavy atom. The molecule has 37 heavy (non-hydrogen) atoms. The first-order valence-corrected chi connectivity index (χ1v) is 13.8. The molecule has 0 saturated heterocycles. The number of rotatable bonds is 8. The Balaban J connectivity index is 0.00000320. The molecule has 5 aromatic rings. The van der Waals surface area contributed by atoms with Crippen LogP contribution in [-0.4, -0.2) is 0 Å². The van der Waals surface area contributed by atoms with E-state index in [2.05, 4.69) is 72.8 Å². The van der Waals surface area contributed by atoms with Crippen LogP contribution in [0.3, 0.4) is 0 Å². The quantitative estimate of drug-likeness (QED) is 0.254. The molecule has 0 radical (unpaired) electrons. The average molecular weight is 575 g/mol. The molecule has 0 aliphatic rings. The van der Waals surface area contributed by atoms with Crippen LogP contribution in [0.25, 0.3) is 0 Å². The molecule has 0 aromatic heterocycles. The molecule has 0 unspecified atom stereocenters. The normalized spacial score (nSPS) is 11.0. The minimum Gasteiger partial charge on any atom is -1.00 e. The zero-order chi connectivity index (χ0) is 24.8. The Bertz CT molecular complexity index is 1330. The molecule has 0 aliphatic heterocycles. The highest BCUT2D eigenvalue weighted by molar-refractivity contribution is 7.95. The third-order valence-corrected chi connectivity index (χ3v) is 10.7. The van der Waals surface area contributed by atoms with Crippen LogP contribution in [0.4, 0.5) is 8.78 Å². The second-order valence-electron chi connectivity index (χ2n) is 8.61. The van der Waals surface area contributed by atoms with Crippen molar-refractivity contribution in [3.8, 4) is 5.75 Å². The summed E-state index contributed by atoms with van der Waals surface area (Å²) in [5.41, 5.74) is 1.22. The van der Waals surface area contributed by atoms with Gasteiger partial charge in [-0.25, -0.2) is 8.78 Å². The molecule has 0 atom stereocenters. The Kier molecular flexibility index (Phi) is 8.87. The van der Waals surface area contributed by atoms with Crippen molar-refractivity contribution in [3.63, 3.8) is 0 Å². The van der Waals surface area contributed by atoms with Crippen LogP contribution in [0.1, 0.15) is 11.1 Å². The third kappa shape index (κ3) is 5.82. The first-order chi connectivity index (χ1) is 17.7. The average Bonchev–Trinajstić information content (AvgIpc) is 2.93. The number of ether oxygens (including phenoxy) is 1. The lowest BCUT2D eigenvalue weighted by Gasteiger charge is -2.28. The highest BCUT2D eigenvalue weighted by Gasteiger charge is 2.46. The summed E-state index contributed by atoms with van der Waals surface area (Å²) in [5, 5.41) is 3.60. The van der Waals surface area contributed by atoms with Crippen LogP contribution in [0.15, 0.2) is 133 Å². The standard InChI is InChI=1S/C32H26F2OP.BrH/c33-27-20-21-32(35-23-25-12-10-11-19-31(25)34)26(22-27)24-36(28-13-4-1-5-14-28,29-15-6-2-7-16-29)30-17-8-3-9-18-30;/h1-22H,23-24H2;1H/q+1;/p-1. The fraction of sp³-hybridized carbons (Fsp3) is 0.0625. The van der Waals surface area contributed by atoms with Crippen molar-refractivity contribution in [2.24, 2.45) is 0 Å². The van der Waals surface area contributed by atoms with Crippen molar-refractivity contribution in [3.05, 3.63) is 156 Å². The van der Waals surface area contributed by atoms with Crippen LogP contribution in [-0.2, 0) is 12.8 Å². The summed E-state index contributed by atoms with van der Waals surface area (Å²) in [7, 11) is -2.25. The van der Waals surface area contributed by atoms with Gasteiger partial charge in [0.15, 0.2) is 0 Å². The fourth-order valence-electron chi connectivity index (χ4n) is 4.61. The summed E-state index contributed by atoms with van der Waals surface area (Å²) >= 11 is 0. The molecule has 0 bridgehead atoms. The van der Waals surface area contributed by atoms with Crippen molar-refractivity contribution < 1.29 is 30.5 Å². The van der Waals surface area contributed by atoms with E-state index >= 15 is 0 Å². The van der Waals surface area contributed by atoms with Crippen LogP contribution in [0, 0.1) is 11.6 Å². The molecular weight excluding hydrogens is 549 g/mol. The molecule has 186 valence electrons. The summed E-state index contributed by atoms with van der Waals surface area (Å²) in [6.45, 7) is 0.0682. The van der Waals surface area contributed by atoms with E-state index in [9.17, 15) is 8.78 Å². The molecule has 0 heterocycles. The van der Waals surface area contributed by atoms with Crippen LogP contribution in [0.5, 0.6) is 5.75 Å². The Morgan fingerprint density at radius 1 is 0.541 bits per heavy atom. The van der Waals surface area contributed by atoms with Gasteiger partial charge in [-0.3, -0.25) is 0 Å². The lowest BCUT2D eigenvalue weighted by Crippen LogP contribution is -3.00. The third-order valence-electron chi connectivity index (χ3n) is 6.36. The smallest absolute Gasteiger partial charge is 0.129 e. The fourth-order valence-corrected chi connectivity index (χ4v) is 8.85. The molecule has 0 spiro atoms. The van der Waals surface area contributed by atoms with Gasteiger partial charge < -0.3 is 21.7 Å². The van der Waals surface area contributed by atoms with Gasteiger partial charge >= 0.3 is 0 Å². The number of hydrogen-bond donors (Lipinski definition) is 0. The van der Waals surface area contributed by atoms with E-state index in [0.29, 0.717) is 17.5 Å². The van der Waals surface area contributed by atoms with Gasteiger partial charge in [0.2, 0.25) is 0 Å². The van der Waals surface area contributed by atoms with Gasteiger partial charge in [-0.05, 0) is 60.7 Å². The predicted octanol–water partition coefficient (Wildman–Crippen LogP) is 4.04. The molecule has 0 aliphatic carbocycles. The van der Waals surface area contributed by atoms with E-state index in [1.807, 2.05) is 18.2 Å². The lowest BCUT2D eigenvalue weighted by atomic mass is 10.2. The topological polar surface area (TPSA) is 9.23 Å². The van der Waals surface area contributed by atoms with Crippen LogP contribution >= 0.6 is 7.26 Å². The van der Waals surface area contributed by atoms with Gasteiger partial charge in [0, 0.05) is 11.1 Å². The first-order valence-electron chi connectivity index (χ1n) is 11.9. The predicted molar refractivity (Wildman–Crippen MR) is 146 cm³/mol. The SMILES string of the molecule is Fc1ccc(OCc2ccccc2F)c(C[P+](c2ccccc2)(c2ccccc2)c2ccccc2)c1.[Br-]. The van der Waals surface area contributed by atoms with Crippen molar-refractivity contribution in [2.75, 3.05) is 0 Å². The number of hydrogen-bond acceptors (Lipinski definition) is 1. The van der Waals surface area contributed by atoms with Crippen molar-refractivity contribution >= 4 is 23.2 Å². The van der Waals surface area contributed by atoms with Gasteiger partial charge in [-0.1, -0.05) is 72.8 Å². The molecule has 5 aromatic carbocycles.